The molecular formula is C21H20F3N3OS. The molecular weight excluding hydrogens is 399 g/mol. The molecule has 0 aliphatic rings. The van der Waals surface area contributed by atoms with Gasteiger partial charge in [0.1, 0.15) is 0 Å². The topological polar surface area (TPSA) is 36.4 Å². The van der Waals surface area contributed by atoms with Crippen LogP contribution in [0.25, 0.3) is 11.3 Å². The Morgan fingerprint density at radius 1 is 1.03 bits per heavy atom. The Bertz CT molecular complexity index is 980. The fraction of sp³-hybridized carbons (Fsp3) is 0.238. The Morgan fingerprint density at radius 3 is 2.17 bits per heavy atom. The molecule has 1 aromatic heterocycles. The van der Waals surface area contributed by atoms with Crippen LogP contribution in [-0.4, -0.2) is 31.5 Å². The molecule has 8 heteroatoms. The number of aromatic nitrogens is 1. The lowest BCUT2D eigenvalue weighted by atomic mass is 10.1. The first-order valence-corrected chi connectivity index (χ1v) is 9.81. The fourth-order valence-electron chi connectivity index (χ4n) is 2.77. The summed E-state index contributed by atoms with van der Waals surface area (Å²) in [6.45, 7) is 2.15. The van der Waals surface area contributed by atoms with Crippen LogP contribution in [0.2, 0.25) is 0 Å². The Balaban J connectivity index is 1.82. The van der Waals surface area contributed by atoms with Gasteiger partial charge < -0.3 is 4.90 Å². The van der Waals surface area contributed by atoms with Crippen molar-refractivity contribution in [3.05, 3.63) is 65.0 Å². The number of halogens is 3. The molecule has 0 atom stereocenters. The van der Waals surface area contributed by atoms with Crippen LogP contribution in [0.1, 0.15) is 22.8 Å². The van der Waals surface area contributed by atoms with E-state index in [0.29, 0.717) is 11.7 Å². The predicted octanol–water partition coefficient (Wildman–Crippen LogP) is 5.56. The molecule has 1 amide bonds. The summed E-state index contributed by atoms with van der Waals surface area (Å²) in [4.78, 5) is 20.8. The van der Waals surface area contributed by atoms with E-state index < -0.39 is 11.7 Å². The van der Waals surface area contributed by atoms with Crippen LogP contribution in [0.3, 0.4) is 0 Å². The Labute approximate surface area is 171 Å². The van der Waals surface area contributed by atoms with Crippen molar-refractivity contribution >= 4 is 28.1 Å². The van der Waals surface area contributed by atoms with Crippen LogP contribution in [-0.2, 0) is 6.18 Å². The molecule has 0 saturated heterocycles. The number of carbonyl (C=O) groups is 1. The summed E-state index contributed by atoms with van der Waals surface area (Å²) >= 11 is 1.32. The van der Waals surface area contributed by atoms with Crippen LogP contribution in [0.15, 0.2) is 53.9 Å². The smallest absolute Gasteiger partial charge is 0.378 e. The van der Waals surface area contributed by atoms with Crippen molar-refractivity contribution in [3.8, 4) is 11.3 Å². The van der Waals surface area contributed by atoms with Crippen molar-refractivity contribution in [3.63, 3.8) is 0 Å². The van der Waals surface area contributed by atoms with Gasteiger partial charge in [-0.05, 0) is 43.3 Å². The van der Waals surface area contributed by atoms with Gasteiger partial charge in [0.05, 0.1) is 11.3 Å². The summed E-state index contributed by atoms with van der Waals surface area (Å²) in [7, 11) is 3.92. The molecule has 3 aromatic rings. The number of rotatable bonds is 5. The molecule has 3 rings (SSSR count). The van der Waals surface area contributed by atoms with Crippen molar-refractivity contribution in [2.24, 2.45) is 0 Å². The lowest BCUT2D eigenvalue weighted by Crippen LogP contribution is -2.30. The van der Waals surface area contributed by atoms with Gasteiger partial charge in [0.25, 0.3) is 5.91 Å². The van der Waals surface area contributed by atoms with E-state index >= 15 is 0 Å². The van der Waals surface area contributed by atoms with Crippen LogP contribution in [0.4, 0.5) is 24.0 Å². The number of hydrogen-bond acceptors (Lipinski definition) is 4. The Morgan fingerprint density at radius 2 is 1.66 bits per heavy atom. The normalized spacial score (nSPS) is 11.4. The average Bonchev–Trinajstić information content (AvgIpc) is 3.18. The number of nitrogens with zero attached hydrogens (tertiary/aromatic N) is 3. The number of anilines is 2. The molecule has 0 bridgehead atoms. The first kappa shape index (κ1) is 20.9. The minimum absolute atomic E-state index is 0.187. The third kappa shape index (κ3) is 4.59. The number of thiazole rings is 1. The largest absolute Gasteiger partial charge is 0.416 e. The molecule has 0 aliphatic heterocycles. The zero-order valence-corrected chi connectivity index (χ0v) is 17.0. The number of alkyl halides is 3. The van der Waals surface area contributed by atoms with E-state index in [1.165, 1.54) is 28.4 Å². The highest BCUT2D eigenvalue weighted by atomic mass is 32.1. The fourth-order valence-corrected chi connectivity index (χ4v) is 3.67. The average molecular weight is 419 g/mol. The molecule has 0 saturated carbocycles. The Hall–Kier alpha value is -2.87. The zero-order chi connectivity index (χ0) is 21.2. The van der Waals surface area contributed by atoms with E-state index in [1.54, 1.807) is 6.92 Å². The lowest BCUT2D eigenvalue weighted by molar-refractivity contribution is -0.137. The van der Waals surface area contributed by atoms with E-state index in [9.17, 15) is 18.0 Å². The van der Waals surface area contributed by atoms with Gasteiger partial charge in [-0.2, -0.15) is 13.2 Å². The van der Waals surface area contributed by atoms with E-state index in [1.807, 2.05) is 48.6 Å². The number of benzene rings is 2. The summed E-state index contributed by atoms with van der Waals surface area (Å²) in [6, 6.07) is 12.1. The molecule has 152 valence electrons. The molecule has 0 aliphatic carbocycles. The second-order valence-electron chi connectivity index (χ2n) is 6.58. The summed E-state index contributed by atoms with van der Waals surface area (Å²) < 4.78 is 38.2. The third-order valence-corrected chi connectivity index (χ3v) is 5.29. The van der Waals surface area contributed by atoms with E-state index in [0.717, 1.165) is 29.1 Å². The van der Waals surface area contributed by atoms with Gasteiger partial charge in [-0.3, -0.25) is 9.69 Å². The van der Waals surface area contributed by atoms with Crippen molar-refractivity contribution in [1.29, 1.82) is 0 Å². The van der Waals surface area contributed by atoms with Crippen LogP contribution in [0, 0.1) is 0 Å². The molecule has 1 heterocycles. The molecule has 29 heavy (non-hydrogen) atoms. The second-order valence-corrected chi connectivity index (χ2v) is 7.42. The van der Waals surface area contributed by atoms with E-state index in [4.69, 9.17) is 0 Å². The predicted molar refractivity (Wildman–Crippen MR) is 111 cm³/mol. The monoisotopic (exact) mass is 419 g/mol. The van der Waals surface area contributed by atoms with Crippen molar-refractivity contribution in [1.82, 2.24) is 4.98 Å². The number of hydrogen-bond donors (Lipinski definition) is 0. The van der Waals surface area contributed by atoms with Gasteiger partial charge >= 0.3 is 6.18 Å². The summed E-state index contributed by atoms with van der Waals surface area (Å²) in [5.74, 6) is -0.384. The van der Waals surface area contributed by atoms with Gasteiger partial charge in [0, 0.05) is 42.8 Å². The molecule has 0 unspecified atom stereocenters. The minimum Gasteiger partial charge on any atom is -0.378 e. The maximum absolute atomic E-state index is 12.8. The van der Waals surface area contributed by atoms with Crippen LogP contribution in [0.5, 0.6) is 0 Å². The maximum Gasteiger partial charge on any atom is 0.416 e. The third-order valence-electron chi connectivity index (χ3n) is 4.42. The van der Waals surface area contributed by atoms with Gasteiger partial charge in [-0.25, -0.2) is 4.98 Å². The highest BCUT2D eigenvalue weighted by Gasteiger charge is 2.30. The summed E-state index contributed by atoms with van der Waals surface area (Å²) in [5, 5.41) is 2.37. The second kappa shape index (κ2) is 8.24. The minimum atomic E-state index is -4.43. The molecule has 0 spiro atoms. The zero-order valence-electron chi connectivity index (χ0n) is 16.2. The molecule has 2 aromatic carbocycles. The number of carbonyl (C=O) groups excluding carboxylic acids is 1. The molecule has 0 fully saturated rings. The van der Waals surface area contributed by atoms with Gasteiger partial charge in [-0.15, -0.1) is 11.3 Å². The van der Waals surface area contributed by atoms with Gasteiger partial charge in [0.15, 0.2) is 5.13 Å². The molecule has 0 N–H and O–H groups in total. The quantitative estimate of drug-likeness (QED) is 0.543. The van der Waals surface area contributed by atoms with Crippen molar-refractivity contribution in [2.75, 3.05) is 30.4 Å². The first-order valence-electron chi connectivity index (χ1n) is 8.93. The summed E-state index contributed by atoms with van der Waals surface area (Å²) in [5.41, 5.74) is 2.14. The lowest BCUT2D eigenvalue weighted by Gasteiger charge is -2.18. The van der Waals surface area contributed by atoms with Gasteiger partial charge in [0.2, 0.25) is 0 Å². The SMILES string of the molecule is CCN(C(=O)c1ccc(C(F)(F)F)cc1)c1nc(-c2ccc(N(C)C)cc2)cs1. The highest BCUT2D eigenvalue weighted by molar-refractivity contribution is 7.14. The van der Waals surface area contributed by atoms with Crippen molar-refractivity contribution in [2.45, 2.75) is 13.1 Å². The van der Waals surface area contributed by atoms with Crippen LogP contribution >= 0.6 is 11.3 Å². The molecule has 4 nitrogen and oxygen atoms in total. The van der Waals surface area contributed by atoms with Crippen molar-refractivity contribution < 1.29 is 18.0 Å². The first-order chi connectivity index (χ1) is 13.7. The summed E-state index contributed by atoms with van der Waals surface area (Å²) in [6.07, 6.45) is -4.43. The molecule has 0 radical (unpaired) electrons. The van der Waals surface area contributed by atoms with Gasteiger partial charge in [-0.1, -0.05) is 12.1 Å². The van der Waals surface area contributed by atoms with E-state index in [2.05, 4.69) is 4.98 Å². The Kier molecular flexibility index (Phi) is 5.93. The highest BCUT2D eigenvalue weighted by Crippen LogP contribution is 2.31. The standard InChI is InChI=1S/C21H20F3N3OS/c1-4-27(19(28)15-5-9-16(10-6-15)21(22,23)24)20-25-18(13-29-20)14-7-11-17(12-8-14)26(2)3/h5-13H,4H2,1-3H3. The maximum atomic E-state index is 12.8. The number of amides is 1. The van der Waals surface area contributed by atoms with Crippen LogP contribution < -0.4 is 9.80 Å². The van der Waals surface area contributed by atoms with E-state index in [-0.39, 0.29) is 11.5 Å².